The van der Waals surface area contributed by atoms with Crippen LogP contribution in [0.5, 0.6) is 23.0 Å². The average Bonchev–Trinajstić information content (AvgIpc) is 2.93. The number of carbonyl (C=O) groups excluding carboxylic acids is 3. The highest BCUT2D eigenvalue weighted by atomic mass is 16.7. The molecule has 2 heterocycles. The molecule has 0 radical (unpaired) electrons. The predicted octanol–water partition coefficient (Wildman–Crippen LogP) is -1.61. The smallest absolute Gasteiger partial charge is 0.507 e. The van der Waals surface area contributed by atoms with E-state index in [0.717, 1.165) is 24.3 Å². The summed E-state index contributed by atoms with van der Waals surface area (Å²) in [6, 6.07) is 6.54. The molecule has 0 unspecified atom stereocenters. The fourth-order valence-electron chi connectivity index (χ4n) is 3.80. The molecular weight excluding hydrogens is 572 g/mol. The summed E-state index contributed by atoms with van der Waals surface area (Å²) >= 11 is 0. The van der Waals surface area contributed by atoms with Crippen LogP contribution in [0.25, 0.3) is 22.6 Å². The van der Waals surface area contributed by atoms with Crippen LogP contribution in [-0.4, -0.2) is 102 Å². The molecular formula is C25H21O17+. The Morgan fingerprint density at radius 2 is 1.60 bits per heavy atom. The van der Waals surface area contributed by atoms with Crippen molar-refractivity contribution in [2.45, 2.75) is 30.7 Å². The van der Waals surface area contributed by atoms with Gasteiger partial charge < -0.3 is 63.9 Å². The van der Waals surface area contributed by atoms with E-state index in [0.29, 0.717) is 0 Å². The Bertz CT molecular complexity index is 1580. The van der Waals surface area contributed by atoms with Gasteiger partial charge in [-0.2, -0.15) is 0 Å². The van der Waals surface area contributed by atoms with E-state index in [-0.39, 0.29) is 28.4 Å². The molecule has 0 amide bonds. The van der Waals surface area contributed by atoms with Crippen molar-refractivity contribution in [1.82, 2.24) is 0 Å². The molecule has 17 heteroatoms. The van der Waals surface area contributed by atoms with E-state index in [1.165, 1.54) is 12.1 Å². The molecule has 0 aromatic heterocycles. The summed E-state index contributed by atoms with van der Waals surface area (Å²) in [7, 11) is 0. The Labute approximate surface area is 232 Å². The second kappa shape index (κ2) is 11.7. The molecule has 1 aromatic carbocycles. The van der Waals surface area contributed by atoms with Crippen molar-refractivity contribution in [3.63, 3.8) is 0 Å². The van der Waals surface area contributed by atoms with Crippen molar-refractivity contribution in [1.29, 1.82) is 0 Å². The number of fused-ring (bicyclic) bond motifs is 1. The van der Waals surface area contributed by atoms with E-state index in [1.54, 1.807) is 0 Å². The lowest BCUT2D eigenvalue weighted by Crippen LogP contribution is -2.60. The van der Waals surface area contributed by atoms with Gasteiger partial charge in [-0.25, -0.2) is 14.4 Å². The number of carboxylic acids is 1. The summed E-state index contributed by atoms with van der Waals surface area (Å²) in [5.74, 6) is -9.87. The molecule has 17 nitrogen and oxygen atoms in total. The van der Waals surface area contributed by atoms with Gasteiger partial charge in [-0.15, -0.1) is 0 Å². The molecule has 1 aliphatic carbocycles. The normalized spacial score (nSPS) is 21.8. The fraction of sp³-hybridized carbons (Fsp3) is 0.240. The number of carbonyl (C=O) groups is 3. The number of aliphatic carboxylic acids is 1. The topological polar surface area (TPSA) is 281 Å². The maximum absolute atomic E-state index is 11.9. The molecule has 1 saturated heterocycles. The minimum atomic E-state index is -2.14. The van der Waals surface area contributed by atoms with Gasteiger partial charge >= 0.3 is 23.9 Å². The highest BCUT2D eigenvalue weighted by molar-refractivity contribution is 6.38. The van der Waals surface area contributed by atoms with E-state index in [1.807, 2.05) is 0 Å². The van der Waals surface area contributed by atoms with Crippen LogP contribution in [0, 0.1) is 0 Å². The SMILES string of the molecule is O=C(O)C(=O)OC(=O)C(=[OH+])OC[C@H]1O[C@@H](Oc2cc3c(O)cc(=O)cc-3oc2-c2ccc(O)c(O)c2)[C@H](O)[C@@H](O)[C@@H]1O. The second-order valence-corrected chi connectivity index (χ2v) is 8.73. The number of phenols is 3. The average molecular weight is 593 g/mol. The van der Waals surface area contributed by atoms with Crippen molar-refractivity contribution in [2.75, 3.05) is 6.61 Å². The maximum Gasteiger partial charge on any atom is 0.599 e. The van der Waals surface area contributed by atoms with Crippen LogP contribution >= 0.6 is 0 Å². The summed E-state index contributed by atoms with van der Waals surface area (Å²) in [5, 5.41) is 69.6. The molecule has 0 bridgehead atoms. The van der Waals surface area contributed by atoms with Gasteiger partial charge in [-0.3, -0.25) is 4.79 Å². The Hall–Kier alpha value is -5.23. The minimum absolute atomic E-state index is 0.0453. The molecule has 42 heavy (non-hydrogen) atoms. The van der Waals surface area contributed by atoms with E-state index in [9.17, 15) is 54.6 Å². The molecule has 0 saturated carbocycles. The monoisotopic (exact) mass is 593 g/mol. The largest absolute Gasteiger partial charge is 0.599 e. The third kappa shape index (κ3) is 6.08. The van der Waals surface area contributed by atoms with Gasteiger partial charge in [0.25, 0.3) is 0 Å². The first-order valence-corrected chi connectivity index (χ1v) is 11.6. The predicted molar refractivity (Wildman–Crippen MR) is 131 cm³/mol. The van der Waals surface area contributed by atoms with Gasteiger partial charge in [0.1, 0.15) is 29.8 Å². The molecule has 8 N–H and O–H groups in total. The van der Waals surface area contributed by atoms with Gasteiger partial charge in [-0.05, 0) is 24.3 Å². The summed E-state index contributed by atoms with van der Waals surface area (Å²) in [6.07, 6.45) is -9.33. The number of benzene rings is 2. The molecule has 0 spiro atoms. The van der Waals surface area contributed by atoms with E-state index >= 15 is 0 Å². The van der Waals surface area contributed by atoms with Crippen molar-refractivity contribution in [3.05, 3.63) is 46.6 Å². The number of carboxylic acid groups (broad SMARTS) is 1. The van der Waals surface area contributed by atoms with Crippen LogP contribution in [-0.2, 0) is 28.6 Å². The highest BCUT2D eigenvalue weighted by Gasteiger charge is 2.47. The zero-order valence-electron chi connectivity index (χ0n) is 20.8. The number of aliphatic hydroxyl groups is 3. The zero-order chi connectivity index (χ0) is 30.9. The highest BCUT2D eigenvalue weighted by Crippen LogP contribution is 2.43. The van der Waals surface area contributed by atoms with Gasteiger partial charge in [0.05, 0.1) is 5.56 Å². The van der Waals surface area contributed by atoms with Crippen molar-refractivity contribution in [3.8, 4) is 45.6 Å². The van der Waals surface area contributed by atoms with Gasteiger partial charge in [0.2, 0.25) is 12.9 Å². The van der Waals surface area contributed by atoms with Crippen LogP contribution in [0.3, 0.4) is 0 Å². The van der Waals surface area contributed by atoms with Gasteiger partial charge in [-0.1, -0.05) is 0 Å². The van der Waals surface area contributed by atoms with E-state index in [2.05, 4.69) is 9.47 Å². The molecule has 5 atom stereocenters. The first-order chi connectivity index (χ1) is 19.8. The first kappa shape index (κ1) is 29.7. The number of phenolic OH excluding ortho intramolecular Hbond substituents is 3. The number of aromatic hydroxyl groups is 3. The lowest BCUT2D eigenvalue weighted by molar-refractivity contribution is -0.277. The number of ether oxygens (including phenoxy) is 4. The Morgan fingerprint density at radius 3 is 2.26 bits per heavy atom. The van der Waals surface area contributed by atoms with E-state index < -0.39 is 83.9 Å². The molecule has 1 fully saturated rings. The standard InChI is InChI=1S/C25H20O17/c26-9-4-12(28)10-6-15(20(39-14(10)5-9)8-1-2-11(27)13(29)3-8)40-25-19(32)18(31)17(30)16(41-25)7-38-23(36)24(37)42-22(35)21(33)34/h1-6,16-19,25,27-32H,7H2,(H,33,34)/p+1/t16-,17-,18+,19-,25-/m1/s1. The van der Waals surface area contributed by atoms with Crippen LogP contribution in [0.2, 0.25) is 0 Å². The molecule has 3 aliphatic rings. The van der Waals surface area contributed by atoms with Gasteiger partial charge in [0, 0.05) is 17.7 Å². The minimum Gasteiger partial charge on any atom is -0.507 e. The quantitative estimate of drug-likeness (QED) is 0.0576. The Morgan fingerprint density at radius 1 is 0.881 bits per heavy atom. The summed E-state index contributed by atoms with van der Waals surface area (Å²) in [6.45, 7) is -0.930. The molecule has 2 aliphatic heterocycles. The number of aliphatic hydroxyl groups excluding tert-OH is 3. The fourth-order valence-corrected chi connectivity index (χ4v) is 3.80. The number of hydrogen-bond acceptors (Lipinski definition) is 15. The van der Waals surface area contributed by atoms with E-state index in [4.69, 9.17) is 19.0 Å². The zero-order valence-corrected chi connectivity index (χ0v) is 20.8. The Balaban J connectivity index is 1.63. The maximum atomic E-state index is 11.9. The first-order valence-electron chi connectivity index (χ1n) is 11.6. The van der Waals surface area contributed by atoms with Crippen LogP contribution in [0.4, 0.5) is 0 Å². The van der Waals surface area contributed by atoms with Crippen LogP contribution < -0.4 is 10.2 Å². The summed E-state index contributed by atoms with van der Waals surface area (Å²) in [5.41, 5.74) is -0.590. The van der Waals surface area contributed by atoms with Crippen LogP contribution in [0.1, 0.15) is 0 Å². The summed E-state index contributed by atoms with van der Waals surface area (Å²) < 4.78 is 25.4. The second-order valence-electron chi connectivity index (χ2n) is 8.73. The molecule has 4 rings (SSSR count). The van der Waals surface area contributed by atoms with Crippen LogP contribution in [0.15, 0.2) is 45.6 Å². The summed E-state index contributed by atoms with van der Waals surface area (Å²) in [4.78, 5) is 54.6. The lowest BCUT2D eigenvalue weighted by atomic mass is 9.99. The van der Waals surface area contributed by atoms with Crippen molar-refractivity contribution in [2.24, 2.45) is 0 Å². The molecule has 1 aromatic rings. The number of hydrogen-bond donors (Lipinski definition) is 7. The van der Waals surface area contributed by atoms with Gasteiger partial charge in [0.15, 0.2) is 34.5 Å². The third-order valence-electron chi connectivity index (χ3n) is 5.87. The Kier molecular flexibility index (Phi) is 8.29. The van der Waals surface area contributed by atoms with Crippen molar-refractivity contribution >= 4 is 23.9 Å². The lowest BCUT2D eigenvalue weighted by Gasteiger charge is -2.39. The third-order valence-corrected chi connectivity index (χ3v) is 5.87. The number of rotatable bonds is 5. The van der Waals surface area contributed by atoms with Crippen molar-refractivity contribution < 1.29 is 78.3 Å². The number of esters is 3. The molecule has 222 valence electrons.